The molecule has 0 aliphatic heterocycles. The highest BCUT2D eigenvalue weighted by Gasteiger charge is 2.25. The maximum absolute atomic E-state index is 12.7. The van der Waals surface area contributed by atoms with Crippen molar-refractivity contribution in [3.8, 4) is 0 Å². The fourth-order valence-electron chi connectivity index (χ4n) is 3.09. The van der Waals surface area contributed by atoms with Crippen LogP contribution >= 0.6 is 0 Å². The van der Waals surface area contributed by atoms with Gasteiger partial charge in [0.1, 0.15) is 5.69 Å². The van der Waals surface area contributed by atoms with E-state index >= 15 is 0 Å². The molecule has 1 saturated carbocycles. The van der Waals surface area contributed by atoms with Crippen LogP contribution in [0.15, 0.2) is 12.3 Å². The summed E-state index contributed by atoms with van der Waals surface area (Å²) < 4.78 is 1.98. The van der Waals surface area contributed by atoms with Crippen molar-refractivity contribution >= 4 is 11.6 Å². The molecule has 1 aromatic heterocycles. The minimum atomic E-state index is 0.0994. The van der Waals surface area contributed by atoms with Gasteiger partial charge in [-0.25, -0.2) is 0 Å². The first-order chi connectivity index (χ1) is 9.50. The molecule has 2 N–H and O–H groups in total. The van der Waals surface area contributed by atoms with Crippen LogP contribution in [0.2, 0.25) is 0 Å². The number of amides is 1. The largest absolute Gasteiger partial charge is 0.397 e. The highest BCUT2D eigenvalue weighted by atomic mass is 16.2. The predicted molar refractivity (Wildman–Crippen MR) is 82.8 cm³/mol. The van der Waals surface area contributed by atoms with Crippen molar-refractivity contribution in [2.75, 3.05) is 12.8 Å². The fourth-order valence-corrected chi connectivity index (χ4v) is 3.09. The third-order valence-corrected chi connectivity index (χ3v) is 4.34. The van der Waals surface area contributed by atoms with Gasteiger partial charge in [0.2, 0.25) is 0 Å². The van der Waals surface area contributed by atoms with E-state index in [9.17, 15) is 4.79 Å². The molecule has 0 aromatic carbocycles. The van der Waals surface area contributed by atoms with E-state index in [1.165, 1.54) is 25.7 Å². The summed E-state index contributed by atoms with van der Waals surface area (Å²) in [5.74, 6) is 0.0994. The van der Waals surface area contributed by atoms with Crippen LogP contribution < -0.4 is 5.73 Å². The second-order valence-electron chi connectivity index (χ2n) is 6.22. The van der Waals surface area contributed by atoms with Crippen LogP contribution in [0.5, 0.6) is 0 Å². The van der Waals surface area contributed by atoms with Gasteiger partial charge in [0.15, 0.2) is 0 Å². The van der Waals surface area contributed by atoms with Crippen molar-refractivity contribution in [2.24, 2.45) is 0 Å². The van der Waals surface area contributed by atoms with Crippen molar-refractivity contribution in [2.45, 2.75) is 64.5 Å². The van der Waals surface area contributed by atoms with Crippen molar-refractivity contribution in [3.63, 3.8) is 0 Å². The summed E-state index contributed by atoms with van der Waals surface area (Å²) in [6, 6.07) is 2.42. The lowest BCUT2D eigenvalue weighted by molar-refractivity contribution is 0.0705. The van der Waals surface area contributed by atoms with Crippen LogP contribution in [-0.4, -0.2) is 28.5 Å². The van der Waals surface area contributed by atoms with E-state index in [2.05, 4.69) is 13.8 Å². The Morgan fingerprint density at radius 1 is 1.30 bits per heavy atom. The number of anilines is 1. The average molecular weight is 277 g/mol. The van der Waals surface area contributed by atoms with Gasteiger partial charge < -0.3 is 15.2 Å². The third-order valence-electron chi connectivity index (χ3n) is 4.34. The van der Waals surface area contributed by atoms with Gasteiger partial charge in [-0.1, -0.05) is 25.7 Å². The Kier molecular flexibility index (Phi) is 4.73. The van der Waals surface area contributed by atoms with E-state index in [4.69, 9.17) is 5.73 Å². The van der Waals surface area contributed by atoms with Gasteiger partial charge in [-0.05, 0) is 32.8 Å². The van der Waals surface area contributed by atoms with Crippen LogP contribution in [0.1, 0.15) is 68.9 Å². The van der Waals surface area contributed by atoms with Gasteiger partial charge in [-0.3, -0.25) is 4.79 Å². The van der Waals surface area contributed by atoms with Gasteiger partial charge in [-0.15, -0.1) is 0 Å². The number of nitrogens with two attached hydrogens (primary N) is 1. The zero-order valence-electron chi connectivity index (χ0n) is 12.9. The SMILES string of the molecule is CC(C)n1cc(N)cc1C(=O)N(C)C1CCCCCC1. The van der Waals surface area contributed by atoms with Crippen molar-refractivity contribution in [3.05, 3.63) is 18.0 Å². The summed E-state index contributed by atoms with van der Waals surface area (Å²) in [4.78, 5) is 14.7. The number of hydrogen-bond donors (Lipinski definition) is 1. The van der Waals surface area contributed by atoms with E-state index in [1.54, 1.807) is 6.07 Å². The topological polar surface area (TPSA) is 51.3 Å². The quantitative estimate of drug-likeness (QED) is 0.860. The Balaban J connectivity index is 2.17. The lowest BCUT2D eigenvalue weighted by Gasteiger charge is -2.28. The maximum Gasteiger partial charge on any atom is 0.270 e. The van der Waals surface area contributed by atoms with Gasteiger partial charge in [0.05, 0.1) is 5.69 Å². The monoisotopic (exact) mass is 277 g/mol. The number of rotatable bonds is 3. The summed E-state index contributed by atoms with van der Waals surface area (Å²) in [5, 5.41) is 0. The molecule has 1 aliphatic carbocycles. The number of carbonyl (C=O) groups excluding carboxylic acids is 1. The molecule has 1 aromatic rings. The van der Waals surface area contributed by atoms with Crippen LogP contribution in [0.25, 0.3) is 0 Å². The first kappa shape index (κ1) is 14.9. The Morgan fingerprint density at radius 3 is 2.45 bits per heavy atom. The molecule has 0 bridgehead atoms. The second kappa shape index (κ2) is 6.33. The Bertz CT molecular complexity index is 456. The number of nitrogens with zero attached hydrogens (tertiary/aromatic N) is 2. The first-order valence-corrected chi connectivity index (χ1v) is 7.75. The second-order valence-corrected chi connectivity index (χ2v) is 6.22. The van der Waals surface area contributed by atoms with Gasteiger partial charge in [0, 0.05) is 25.3 Å². The molecule has 1 amide bonds. The van der Waals surface area contributed by atoms with Crippen molar-refractivity contribution in [1.82, 2.24) is 9.47 Å². The molecule has 4 heteroatoms. The van der Waals surface area contributed by atoms with E-state index in [1.807, 2.05) is 22.7 Å². The van der Waals surface area contributed by atoms with Gasteiger partial charge in [-0.2, -0.15) is 0 Å². The number of nitrogen functional groups attached to an aromatic ring is 1. The van der Waals surface area contributed by atoms with E-state index in [0.29, 0.717) is 17.4 Å². The first-order valence-electron chi connectivity index (χ1n) is 7.75. The van der Waals surface area contributed by atoms with Crippen LogP contribution in [0.3, 0.4) is 0 Å². The van der Waals surface area contributed by atoms with Crippen LogP contribution in [0, 0.1) is 0 Å². The van der Waals surface area contributed by atoms with Crippen LogP contribution in [-0.2, 0) is 0 Å². The molecule has 1 fully saturated rings. The van der Waals surface area contributed by atoms with E-state index in [0.717, 1.165) is 12.8 Å². The zero-order valence-corrected chi connectivity index (χ0v) is 12.9. The zero-order chi connectivity index (χ0) is 14.7. The minimum Gasteiger partial charge on any atom is -0.397 e. The molecule has 1 heterocycles. The Morgan fingerprint density at radius 2 is 1.90 bits per heavy atom. The number of carbonyl (C=O) groups is 1. The average Bonchev–Trinajstić information content (AvgIpc) is 2.64. The predicted octanol–water partition coefficient (Wildman–Crippen LogP) is 3.45. The molecule has 2 rings (SSSR count). The molecule has 0 atom stereocenters. The van der Waals surface area contributed by atoms with Gasteiger partial charge in [0.25, 0.3) is 5.91 Å². The van der Waals surface area contributed by atoms with Crippen molar-refractivity contribution < 1.29 is 4.79 Å². The molecule has 20 heavy (non-hydrogen) atoms. The molecular formula is C16H27N3O. The van der Waals surface area contributed by atoms with Crippen LogP contribution in [0.4, 0.5) is 5.69 Å². The molecule has 1 aliphatic rings. The lowest BCUT2D eigenvalue weighted by Crippen LogP contribution is -2.37. The van der Waals surface area contributed by atoms with Gasteiger partial charge >= 0.3 is 0 Å². The third kappa shape index (κ3) is 3.17. The summed E-state index contributed by atoms with van der Waals surface area (Å²) in [5.41, 5.74) is 7.24. The number of aromatic nitrogens is 1. The minimum absolute atomic E-state index is 0.0994. The molecule has 112 valence electrons. The molecule has 4 nitrogen and oxygen atoms in total. The standard InChI is InChI=1S/C16H27N3O/c1-12(2)19-11-13(17)10-15(19)16(20)18(3)14-8-6-4-5-7-9-14/h10-12,14H,4-9,17H2,1-3H3. The molecule has 0 unspecified atom stereocenters. The fraction of sp³-hybridized carbons (Fsp3) is 0.688. The summed E-state index contributed by atoms with van der Waals surface area (Å²) in [6.45, 7) is 4.14. The normalized spacial score (nSPS) is 17.2. The highest BCUT2D eigenvalue weighted by molar-refractivity contribution is 5.94. The molecule has 0 spiro atoms. The summed E-state index contributed by atoms with van der Waals surface area (Å²) >= 11 is 0. The number of hydrogen-bond acceptors (Lipinski definition) is 2. The summed E-state index contributed by atoms with van der Waals surface area (Å²) in [7, 11) is 1.94. The van der Waals surface area contributed by atoms with E-state index in [-0.39, 0.29) is 11.9 Å². The lowest BCUT2D eigenvalue weighted by atomic mass is 10.1. The molecule has 0 saturated heterocycles. The van der Waals surface area contributed by atoms with Crippen molar-refractivity contribution in [1.29, 1.82) is 0 Å². The Labute approximate surface area is 121 Å². The maximum atomic E-state index is 12.7. The van der Waals surface area contributed by atoms with E-state index < -0.39 is 0 Å². The summed E-state index contributed by atoms with van der Waals surface area (Å²) in [6.07, 6.45) is 9.17. The highest BCUT2D eigenvalue weighted by Crippen LogP contribution is 2.24. The smallest absolute Gasteiger partial charge is 0.270 e. The molecular weight excluding hydrogens is 250 g/mol. The molecule has 0 radical (unpaired) electrons. The Hall–Kier alpha value is -1.45.